The van der Waals surface area contributed by atoms with Gasteiger partial charge in [0.05, 0.1) is 6.04 Å². The number of nitrogens with zero attached hydrogens (tertiary/aromatic N) is 1. The van der Waals surface area contributed by atoms with E-state index in [4.69, 9.17) is 0 Å². The number of hydrogen-bond acceptors (Lipinski definition) is 2. The summed E-state index contributed by atoms with van der Waals surface area (Å²) in [6.07, 6.45) is 0. The van der Waals surface area contributed by atoms with Gasteiger partial charge in [-0.3, -0.25) is 9.69 Å². The van der Waals surface area contributed by atoms with Gasteiger partial charge in [-0.1, -0.05) is 78.9 Å². The van der Waals surface area contributed by atoms with Gasteiger partial charge in [-0.15, -0.1) is 0 Å². The van der Waals surface area contributed by atoms with Crippen LogP contribution in [0.15, 0.2) is 78.9 Å². The molecule has 3 aromatic carbocycles. The van der Waals surface area contributed by atoms with Crippen LogP contribution in [0, 0.1) is 13.8 Å². The molecule has 3 heteroatoms. The monoisotopic (exact) mass is 372 g/mol. The Hall–Kier alpha value is -2.91. The zero-order valence-electron chi connectivity index (χ0n) is 16.9. The Balaban J connectivity index is 1.80. The molecule has 1 N–H and O–H groups in total. The molecule has 0 radical (unpaired) electrons. The Kier molecular flexibility index (Phi) is 6.62. The molecule has 0 aromatic heterocycles. The maximum absolute atomic E-state index is 13.1. The van der Waals surface area contributed by atoms with Crippen LogP contribution in [0.4, 0.5) is 5.69 Å². The van der Waals surface area contributed by atoms with E-state index in [2.05, 4.69) is 34.5 Å². The molecule has 0 spiro atoms. The van der Waals surface area contributed by atoms with Gasteiger partial charge >= 0.3 is 0 Å². The number of amides is 1. The highest BCUT2D eigenvalue weighted by Gasteiger charge is 2.22. The van der Waals surface area contributed by atoms with Gasteiger partial charge in [0.2, 0.25) is 5.91 Å². The predicted molar refractivity (Wildman–Crippen MR) is 116 cm³/mol. The van der Waals surface area contributed by atoms with Gasteiger partial charge < -0.3 is 5.32 Å². The van der Waals surface area contributed by atoms with Gasteiger partial charge in [-0.05, 0) is 43.0 Å². The second-order valence-electron chi connectivity index (χ2n) is 7.31. The highest BCUT2D eigenvalue weighted by atomic mass is 16.2. The molecule has 0 saturated carbocycles. The molecule has 0 aliphatic carbocycles. The Morgan fingerprint density at radius 2 is 1.25 bits per heavy atom. The van der Waals surface area contributed by atoms with Crippen molar-refractivity contribution in [3.05, 3.63) is 101 Å². The third-order valence-corrected chi connectivity index (χ3v) is 5.11. The van der Waals surface area contributed by atoms with Crippen molar-refractivity contribution in [1.82, 2.24) is 4.90 Å². The van der Waals surface area contributed by atoms with Crippen LogP contribution in [0.25, 0.3) is 0 Å². The van der Waals surface area contributed by atoms with Crippen LogP contribution in [-0.4, -0.2) is 16.8 Å². The lowest BCUT2D eigenvalue weighted by Crippen LogP contribution is -2.41. The van der Waals surface area contributed by atoms with Gasteiger partial charge in [-0.2, -0.15) is 0 Å². The average Bonchev–Trinajstić information content (AvgIpc) is 2.71. The number of aryl methyl sites for hydroxylation is 2. The molecule has 1 unspecified atom stereocenters. The third kappa shape index (κ3) is 5.08. The van der Waals surface area contributed by atoms with Gasteiger partial charge in [0.15, 0.2) is 0 Å². The van der Waals surface area contributed by atoms with E-state index < -0.39 is 0 Å². The fourth-order valence-electron chi connectivity index (χ4n) is 3.37. The van der Waals surface area contributed by atoms with Crippen LogP contribution in [0.5, 0.6) is 0 Å². The summed E-state index contributed by atoms with van der Waals surface area (Å²) >= 11 is 0. The van der Waals surface area contributed by atoms with Crippen LogP contribution in [0.3, 0.4) is 0 Å². The van der Waals surface area contributed by atoms with Crippen molar-refractivity contribution in [1.29, 1.82) is 0 Å². The molecule has 0 bridgehead atoms. The highest BCUT2D eigenvalue weighted by molar-refractivity contribution is 5.95. The van der Waals surface area contributed by atoms with E-state index in [1.807, 2.05) is 75.4 Å². The summed E-state index contributed by atoms with van der Waals surface area (Å²) in [7, 11) is 0. The van der Waals surface area contributed by atoms with E-state index >= 15 is 0 Å². The molecule has 1 amide bonds. The summed E-state index contributed by atoms with van der Waals surface area (Å²) in [4.78, 5) is 15.3. The Morgan fingerprint density at radius 1 is 0.786 bits per heavy atom. The Morgan fingerprint density at radius 3 is 1.71 bits per heavy atom. The first-order chi connectivity index (χ1) is 13.5. The Bertz CT molecular complexity index is 845. The number of nitrogens with one attached hydrogen (secondary N) is 1. The maximum atomic E-state index is 13.1. The second-order valence-corrected chi connectivity index (χ2v) is 7.31. The number of rotatable bonds is 7. The lowest BCUT2D eigenvalue weighted by molar-refractivity contribution is -0.121. The zero-order valence-corrected chi connectivity index (χ0v) is 16.9. The maximum Gasteiger partial charge on any atom is 0.241 e. The molecule has 0 heterocycles. The molecule has 3 nitrogen and oxygen atoms in total. The molecule has 0 fully saturated rings. The van der Waals surface area contributed by atoms with E-state index in [1.54, 1.807) is 0 Å². The van der Waals surface area contributed by atoms with Gasteiger partial charge in [0.25, 0.3) is 0 Å². The van der Waals surface area contributed by atoms with Gasteiger partial charge in [0.1, 0.15) is 0 Å². The normalized spacial score (nSPS) is 12.0. The number of benzene rings is 3. The van der Waals surface area contributed by atoms with Crippen LogP contribution in [0.1, 0.15) is 29.2 Å². The quantitative estimate of drug-likeness (QED) is 0.608. The van der Waals surface area contributed by atoms with Gasteiger partial charge in [0, 0.05) is 18.8 Å². The summed E-state index contributed by atoms with van der Waals surface area (Å²) in [5.41, 5.74) is 5.48. The molecule has 0 saturated heterocycles. The average molecular weight is 373 g/mol. The molecule has 144 valence electrons. The van der Waals surface area contributed by atoms with Crippen LogP contribution < -0.4 is 5.32 Å². The molecular weight excluding hydrogens is 344 g/mol. The van der Waals surface area contributed by atoms with Crippen LogP contribution in [-0.2, 0) is 17.9 Å². The number of para-hydroxylation sites is 1. The smallest absolute Gasteiger partial charge is 0.241 e. The second kappa shape index (κ2) is 9.34. The number of carbonyl (C=O) groups is 1. The number of hydrogen-bond donors (Lipinski definition) is 1. The fraction of sp³-hybridized carbons (Fsp3) is 0.240. The molecule has 0 aliphatic rings. The minimum Gasteiger partial charge on any atom is -0.324 e. The van der Waals surface area contributed by atoms with Crippen molar-refractivity contribution in [3.63, 3.8) is 0 Å². The predicted octanol–water partition coefficient (Wildman–Crippen LogP) is 5.33. The van der Waals surface area contributed by atoms with Gasteiger partial charge in [-0.25, -0.2) is 0 Å². The van der Waals surface area contributed by atoms with E-state index in [1.165, 1.54) is 11.1 Å². The van der Waals surface area contributed by atoms with Crippen molar-refractivity contribution in [2.24, 2.45) is 0 Å². The van der Waals surface area contributed by atoms with Crippen molar-refractivity contribution in [3.8, 4) is 0 Å². The van der Waals surface area contributed by atoms with Crippen molar-refractivity contribution < 1.29 is 4.79 Å². The standard InChI is InChI=1S/C25H28N2O/c1-19-11-10-12-20(2)24(19)26-25(28)21(3)27(17-22-13-6-4-7-14-22)18-23-15-8-5-9-16-23/h4-16,21H,17-18H2,1-3H3,(H,26,28). The first-order valence-electron chi connectivity index (χ1n) is 9.73. The molecule has 0 aliphatic heterocycles. The van der Waals surface area contributed by atoms with Crippen molar-refractivity contribution in [2.75, 3.05) is 5.32 Å². The first-order valence-corrected chi connectivity index (χ1v) is 9.73. The summed E-state index contributed by atoms with van der Waals surface area (Å²) in [6, 6.07) is 26.4. The summed E-state index contributed by atoms with van der Waals surface area (Å²) in [5, 5.41) is 3.15. The van der Waals surface area contributed by atoms with Crippen molar-refractivity contribution in [2.45, 2.75) is 39.9 Å². The first kappa shape index (κ1) is 19.8. The van der Waals surface area contributed by atoms with E-state index in [9.17, 15) is 4.79 Å². The van der Waals surface area contributed by atoms with Crippen molar-refractivity contribution >= 4 is 11.6 Å². The summed E-state index contributed by atoms with van der Waals surface area (Å²) in [6.45, 7) is 7.47. The topological polar surface area (TPSA) is 32.3 Å². The van der Waals surface area contributed by atoms with Crippen LogP contribution >= 0.6 is 0 Å². The molecule has 28 heavy (non-hydrogen) atoms. The zero-order chi connectivity index (χ0) is 19.9. The molecule has 3 aromatic rings. The Labute approximate surface area is 168 Å². The summed E-state index contributed by atoms with van der Waals surface area (Å²) < 4.78 is 0. The van der Waals surface area contributed by atoms with E-state index in [0.717, 1.165) is 29.9 Å². The summed E-state index contributed by atoms with van der Waals surface area (Å²) in [5.74, 6) is 0.0178. The minimum absolute atomic E-state index is 0.0178. The molecule has 1 atom stereocenters. The van der Waals surface area contributed by atoms with E-state index in [-0.39, 0.29) is 11.9 Å². The lowest BCUT2D eigenvalue weighted by Gasteiger charge is -2.29. The fourth-order valence-corrected chi connectivity index (χ4v) is 3.37. The molecular formula is C25H28N2O. The highest BCUT2D eigenvalue weighted by Crippen LogP contribution is 2.21. The lowest BCUT2D eigenvalue weighted by atomic mass is 10.1. The third-order valence-electron chi connectivity index (χ3n) is 5.11. The minimum atomic E-state index is -0.264. The SMILES string of the molecule is Cc1cccc(C)c1NC(=O)C(C)N(Cc1ccccc1)Cc1ccccc1. The van der Waals surface area contributed by atoms with Crippen LogP contribution in [0.2, 0.25) is 0 Å². The molecule has 3 rings (SSSR count). The van der Waals surface area contributed by atoms with E-state index in [0.29, 0.717) is 0 Å². The number of carbonyl (C=O) groups excluding carboxylic acids is 1. The number of anilines is 1. The largest absolute Gasteiger partial charge is 0.324 e.